The van der Waals surface area contributed by atoms with Crippen LogP contribution in [0.1, 0.15) is 13.8 Å². The van der Waals surface area contributed by atoms with E-state index in [1.807, 2.05) is 13.8 Å². The van der Waals surface area contributed by atoms with Crippen molar-refractivity contribution in [3.8, 4) is 0 Å². The Bertz CT molecular complexity index is 208. The monoisotopic (exact) mass is 157 g/mol. The molecule has 0 aromatic carbocycles. The molecule has 1 saturated heterocycles. The summed E-state index contributed by atoms with van der Waals surface area (Å²) < 4.78 is 4.78. The van der Waals surface area contributed by atoms with Crippen molar-refractivity contribution >= 4 is 11.7 Å². The Morgan fingerprint density at radius 3 is 2.64 bits per heavy atom. The molecule has 0 N–H and O–H groups in total. The summed E-state index contributed by atoms with van der Waals surface area (Å²) in [5.74, 6) is -0.378. The lowest BCUT2D eigenvalue weighted by Gasteiger charge is -2.11. The van der Waals surface area contributed by atoms with Crippen LogP contribution in [-0.4, -0.2) is 25.4 Å². The van der Waals surface area contributed by atoms with Gasteiger partial charge in [0.2, 0.25) is 0 Å². The number of hydrogen-bond acceptors (Lipinski definition) is 4. The van der Waals surface area contributed by atoms with Gasteiger partial charge < -0.3 is 9.57 Å². The topological polar surface area (TPSA) is 47.9 Å². The SMILES string of the molecule is CO/N=C1\C(=O)OCC1(C)C. The highest BCUT2D eigenvalue weighted by Gasteiger charge is 2.40. The van der Waals surface area contributed by atoms with Gasteiger partial charge in [0.1, 0.15) is 13.7 Å². The highest BCUT2D eigenvalue weighted by molar-refractivity contribution is 6.39. The third-order valence-corrected chi connectivity index (χ3v) is 1.58. The summed E-state index contributed by atoms with van der Waals surface area (Å²) >= 11 is 0. The fourth-order valence-electron chi connectivity index (χ4n) is 0.911. The molecule has 0 aromatic heterocycles. The fraction of sp³-hybridized carbons (Fsp3) is 0.714. The number of carbonyl (C=O) groups excluding carboxylic acids is 1. The lowest BCUT2D eigenvalue weighted by atomic mass is 9.91. The third-order valence-electron chi connectivity index (χ3n) is 1.58. The first-order valence-electron chi connectivity index (χ1n) is 3.36. The molecule has 0 aromatic rings. The van der Waals surface area contributed by atoms with Crippen LogP contribution in [0.4, 0.5) is 0 Å². The predicted molar refractivity (Wildman–Crippen MR) is 39.2 cm³/mol. The van der Waals surface area contributed by atoms with Crippen LogP contribution in [0.2, 0.25) is 0 Å². The van der Waals surface area contributed by atoms with Crippen molar-refractivity contribution in [2.24, 2.45) is 10.6 Å². The number of nitrogens with zero attached hydrogens (tertiary/aromatic N) is 1. The molecule has 1 aliphatic rings. The Labute approximate surface area is 65.2 Å². The highest BCUT2D eigenvalue weighted by atomic mass is 16.6. The van der Waals surface area contributed by atoms with Crippen molar-refractivity contribution in [3.05, 3.63) is 0 Å². The number of rotatable bonds is 1. The molecule has 4 heteroatoms. The van der Waals surface area contributed by atoms with Crippen LogP contribution < -0.4 is 0 Å². The van der Waals surface area contributed by atoms with Crippen molar-refractivity contribution in [3.63, 3.8) is 0 Å². The Morgan fingerprint density at radius 2 is 2.27 bits per heavy atom. The second-order valence-corrected chi connectivity index (χ2v) is 3.08. The molecule has 0 amide bonds. The van der Waals surface area contributed by atoms with E-state index in [0.29, 0.717) is 12.3 Å². The minimum absolute atomic E-state index is 0.312. The van der Waals surface area contributed by atoms with Crippen LogP contribution in [0, 0.1) is 5.41 Å². The Kier molecular flexibility index (Phi) is 1.85. The molecule has 0 aliphatic carbocycles. The summed E-state index contributed by atoms with van der Waals surface area (Å²) in [5, 5.41) is 3.60. The molecular formula is C7H11NO3. The number of carbonyl (C=O) groups is 1. The first kappa shape index (κ1) is 8.04. The smallest absolute Gasteiger partial charge is 0.356 e. The number of oxime groups is 1. The van der Waals surface area contributed by atoms with E-state index in [0.717, 1.165) is 0 Å². The summed E-state index contributed by atoms with van der Waals surface area (Å²) in [6, 6.07) is 0. The van der Waals surface area contributed by atoms with Crippen LogP contribution in [0.15, 0.2) is 5.16 Å². The fourth-order valence-corrected chi connectivity index (χ4v) is 0.911. The molecule has 0 saturated carbocycles. The lowest BCUT2D eigenvalue weighted by Crippen LogP contribution is -2.24. The summed E-state index contributed by atoms with van der Waals surface area (Å²) in [6.45, 7) is 4.15. The van der Waals surface area contributed by atoms with Gasteiger partial charge in [-0.3, -0.25) is 0 Å². The van der Waals surface area contributed by atoms with E-state index in [9.17, 15) is 4.79 Å². The molecule has 0 atom stereocenters. The van der Waals surface area contributed by atoms with E-state index >= 15 is 0 Å². The molecular weight excluding hydrogens is 146 g/mol. The van der Waals surface area contributed by atoms with Gasteiger partial charge in [-0.25, -0.2) is 4.79 Å². The zero-order valence-corrected chi connectivity index (χ0v) is 6.88. The van der Waals surface area contributed by atoms with Gasteiger partial charge in [-0.15, -0.1) is 0 Å². The Balaban J connectivity index is 2.89. The van der Waals surface area contributed by atoms with Gasteiger partial charge in [0.15, 0.2) is 5.71 Å². The summed E-state index contributed by atoms with van der Waals surface area (Å²) in [5.41, 5.74) is 0.0487. The van der Waals surface area contributed by atoms with E-state index in [1.54, 1.807) is 0 Å². The van der Waals surface area contributed by atoms with Crippen LogP contribution in [0.5, 0.6) is 0 Å². The largest absolute Gasteiger partial charge is 0.460 e. The maximum Gasteiger partial charge on any atom is 0.356 e. The molecule has 0 spiro atoms. The molecule has 1 heterocycles. The van der Waals surface area contributed by atoms with E-state index in [1.165, 1.54) is 7.11 Å². The van der Waals surface area contributed by atoms with Crippen molar-refractivity contribution in [2.75, 3.05) is 13.7 Å². The van der Waals surface area contributed by atoms with Crippen LogP contribution >= 0.6 is 0 Å². The second-order valence-electron chi connectivity index (χ2n) is 3.08. The first-order chi connectivity index (χ1) is 5.08. The predicted octanol–water partition coefficient (Wildman–Crippen LogP) is 0.572. The molecule has 1 aliphatic heterocycles. The molecule has 0 radical (unpaired) electrons. The van der Waals surface area contributed by atoms with Gasteiger partial charge in [0.25, 0.3) is 0 Å². The van der Waals surface area contributed by atoms with Crippen LogP contribution in [0.25, 0.3) is 0 Å². The summed E-state index contributed by atoms with van der Waals surface area (Å²) in [6.07, 6.45) is 0. The van der Waals surface area contributed by atoms with Gasteiger partial charge >= 0.3 is 5.97 Å². The van der Waals surface area contributed by atoms with E-state index in [-0.39, 0.29) is 11.4 Å². The van der Waals surface area contributed by atoms with Gasteiger partial charge in [-0.05, 0) is 0 Å². The summed E-state index contributed by atoms with van der Waals surface area (Å²) in [7, 11) is 1.41. The van der Waals surface area contributed by atoms with E-state index in [4.69, 9.17) is 4.74 Å². The van der Waals surface area contributed by atoms with Gasteiger partial charge in [-0.1, -0.05) is 19.0 Å². The Morgan fingerprint density at radius 1 is 1.64 bits per heavy atom. The molecule has 1 fully saturated rings. The summed E-state index contributed by atoms with van der Waals surface area (Å²) in [4.78, 5) is 15.5. The van der Waals surface area contributed by atoms with Crippen LogP contribution in [-0.2, 0) is 14.4 Å². The minimum atomic E-state index is -0.378. The minimum Gasteiger partial charge on any atom is -0.460 e. The highest BCUT2D eigenvalue weighted by Crippen LogP contribution is 2.25. The zero-order valence-electron chi connectivity index (χ0n) is 6.88. The Hall–Kier alpha value is -1.06. The van der Waals surface area contributed by atoms with Crippen LogP contribution in [0.3, 0.4) is 0 Å². The second kappa shape index (κ2) is 2.53. The van der Waals surface area contributed by atoms with E-state index < -0.39 is 0 Å². The zero-order chi connectivity index (χ0) is 8.48. The lowest BCUT2D eigenvalue weighted by molar-refractivity contribution is -0.133. The van der Waals surface area contributed by atoms with Gasteiger partial charge in [-0.2, -0.15) is 0 Å². The molecule has 1 rings (SSSR count). The van der Waals surface area contributed by atoms with Gasteiger partial charge in [0, 0.05) is 0 Å². The molecule has 4 nitrogen and oxygen atoms in total. The average Bonchev–Trinajstić information content (AvgIpc) is 2.16. The number of hydrogen-bond donors (Lipinski definition) is 0. The van der Waals surface area contributed by atoms with Crippen molar-refractivity contribution < 1.29 is 14.4 Å². The molecule has 62 valence electrons. The third kappa shape index (κ3) is 1.34. The maximum atomic E-state index is 10.9. The van der Waals surface area contributed by atoms with E-state index in [2.05, 4.69) is 9.99 Å². The molecule has 0 bridgehead atoms. The van der Waals surface area contributed by atoms with Crippen molar-refractivity contribution in [1.82, 2.24) is 0 Å². The number of esters is 1. The normalized spacial score (nSPS) is 25.4. The molecule has 11 heavy (non-hydrogen) atoms. The number of cyclic esters (lactones) is 1. The maximum absolute atomic E-state index is 10.9. The average molecular weight is 157 g/mol. The molecule has 0 unspecified atom stereocenters. The first-order valence-corrected chi connectivity index (χ1v) is 3.36. The number of ether oxygens (including phenoxy) is 1. The van der Waals surface area contributed by atoms with Crippen molar-refractivity contribution in [2.45, 2.75) is 13.8 Å². The van der Waals surface area contributed by atoms with Crippen molar-refractivity contribution in [1.29, 1.82) is 0 Å². The van der Waals surface area contributed by atoms with Gasteiger partial charge in [0.05, 0.1) is 5.41 Å². The standard InChI is InChI=1S/C7H11NO3/c1-7(2)4-11-6(9)5(7)8-10-3/h4H2,1-3H3/b8-5+. The quantitative estimate of drug-likeness (QED) is 0.413.